The van der Waals surface area contributed by atoms with Crippen LogP contribution in [-0.4, -0.2) is 22.6 Å². The van der Waals surface area contributed by atoms with Gasteiger partial charge in [0.05, 0.1) is 5.69 Å². The van der Waals surface area contributed by atoms with E-state index in [-0.39, 0.29) is 30.4 Å². The van der Waals surface area contributed by atoms with E-state index in [0.29, 0.717) is 16.4 Å². The molecule has 6 nitrogen and oxygen atoms in total. The van der Waals surface area contributed by atoms with Gasteiger partial charge in [0, 0.05) is 42.0 Å². The molecule has 0 atom stereocenters. The lowest BCUT2D eigenvalue weighted by molar-refractivity contribution is -0.116. The second-order valence-corrected chi connectivity index (χ2v) is 6.99. The summed E-state index contributed by atoms with van der Waals surface area (Å²) < 4.78 is 0. The number of nitrogens with zero attached hydrogens (tertiary/aromatic N) is 1. The van der Waals surface area contributed by atoms with Gasteiger partial charge in [-0.05, 0) is 12.1 Å². The summed E-state index contributed by atoms with van der Waals surface area (Å²) in [7, 11) is 0. The van der Waals surface area contributed by atoms with E-state index < -0.39 is 0 Å². The van der Waals surface area contributed by atoms with Crippen molar-refractivity contribution in [3.8, 4) is 11.3 Å². The number of amides is 2. The Morgan fingerprint density at radius 1 is 0.929 bits per heavy atom. The Bertz CT molecular complexity index is 982. The zero-order valence-corrected chi connectivity index (χ0v) is 16.1. The minimum atomic E-state index is -0.244. The smallest absolute Gasteiger partial charge is 0.226 e. The molecule has 0 bridgehead atoms. The highest BCUT2D eigenvalue weighted by atomic mass is 32.1. The van der Waals surface area contributed by atoms with Crippen LogP contribution in [0.15, 0.2) is 60.0 Å². The first-order valence-corrected chi connectivity index (χ1v) is 9.61. The fourth-order valence-electron chi connectivity index (χ4n) is 2.57. The lowest BCUT2D eigenvalue weighted by Gasteiger charge is -2.03. The van der Waals surface area contributed by atoms with Crippen molar-refractivity contribution >= 4 is 39.8 Å². The van der Waals surface area contributed by atoms with Crippen LogP contribution in [0, 0.1) is 0 Å². The number of benzene rings is 2. The molecule has 0 aliphatic rings. The molecule has 1 heterocycles. The van der Waals surface area contributed by atoms with Gasteiger partial charge in [-0.3, -0.25) is 14.4 Å². The summed E-state index contributed by atoms with van der Waals surface area (Å²) in [5, 5.41) is 7.77. The fourth-order valence-corrected chi connectivity index (χ4v) is 3.30. The fraction of sp³-hybridized carbons (Fsp3) is 0.143. The maximum absolute atomic E-state index is 12.1. The van der Waals surface area contributed by atoms with Crippen molar-refractivity contribution in [2.45, 2.75) is 19.8 Å². The summed E-state index contributed by atoms with van der Waals surface area (Å²) in [6.45, 7) is 1.46. The molecule has 3 rings (SSSR count). The molecule has 2 aromatic carbocycles. The Morgan fingerprint density at radius 2 is 1.64 bits per heavy atom. The van der Waals surface area contributed by atoms with Gasteiger partial charge in [-0.25, -0.2) is 4.98 Å². The van der Waals surface area contributed by atoms with Crippen molar-refractivity contribution in [1.29, 1.82) is 0 Å². The number of carbonyl (C=O) groups excluding carboxylic acids is 3. The second-order valence-electron chi connectivity index (χ2n) is 6.13. The van der Waals surface area contributed by atoms with Crippen LogP contribution in [0.1, 0.15) is 30.1 Å². The molecule has 0 aliphatic carbocycles. The first kappa shape index (κ1) is 19.4. The van der Waals surface area contributed by atoms with E-state index in [9.17, 15) is 14.4 Å². The van der Waals surface area contributed by atoms with Crippen molar-refractivity contribution in [3.05, 3.63) is 65.5 Å². The molecule has 0 saturated heterocycles. The highest BCUT2D eigenvalue weighted by molar-refractivity contribution is 7.14. The Morgan fingerprint density at radius 3 is 2.32 bits per heavy atom. The van der Waals surface area contributed by atoms with Crippen LogP contribution in [0.5, 0.6) is 0 Å². The number of carbonyl (C=O) groups is 3. The van der Waals surface area contributed by atoms with Gasteiger partial charge in [-0.2, -0.15) is 0 Å². The second kappa shape index (κ2) is 9.05. The van der Waals surface area contributed by atoms with Crippen molar-refractivity contribution in [2.24, 2.45) is 0 Å². The number of aromatic nitrogens is 1. The first-order valence-electron chi connectivity index (χ1n) is 8.73. The minimum absolute atomic E-state index is 0.0603. The number of Topliss-reactive ketones (excluding diaryl/α,β-unsaturated/α-hetero) is 1. The van der Waals surface area contributed by atoms with Gasteiger partial charge in [0.2, 0.25) is 11.8 Å². The maximum atomic E-state index is 12.1. The Labute approximate surface area is 166 Å². The first-order chi connectivity index (χ1) is 13.5. The molecule has 142 valence electrons. The molecule has 0 saturated carbocycles. The normalized spacial score (nSPS) is 10.3. The third kappa shape index (κ3) is 5.34. The third-order valence-corrected chi connectivity index (χ3v) is 4.68. The Balaban J connectivity index is 1.54. The number of anilines is 2. The van der Waals surface area contributed by atoms with Crippen LogP contribution >= 0.6 is 11.3 Å². The summed E-state index contributed by atoms with van der Waals surface area (Å²) in [4.78, 5) is 39.6. The van der Waals surface area contributed by atoms with E-state index >= 15 is 0 Å². The molecule has 7 heteroatoms. The molecule has 0 spiro atoms. The lowest BCUT2D eigenvalue weighted by Crippen LogP contribution is -2.13. The van der Waals surface area contributed by atoms with Crippen molar-refractivity contribution in [1.82, 2.24) is 4.98 Å². The lowest BCUT2D eigenvalue weighted by atomic mass is 10.1. The number of hydrogen-bond donors (Lipinski definition) is 2. The van der Waals surface area contributed by atoms with Gasteiger partial charge in [0.25, 0.3) is 0 Å². The van der Waals surface area contributed by atoms with E-state index in [1.54, 1.807) is 36.4 Å². The molecule has 0 fully saturated rings. The van der Waals surface area contributed by atoms with Gasteiger partial charge in [0.1, 0.15) is 0 Å². The van der Waals surface area contributed by atoms with Gasteiger partial charge in [0.15, 0.2) is 10.9 Å². The zero-order chi connectivity index (χ0) is 19.9. The van der Waals surface area contributed by atoms with Crippen molar-refractivity contribution in [3.63, 3.8) is 0 Å². The average Bonchev–Trinajstić information content (AvgIpc) is 3.15. The van der Waals surface area contributed by atoms with Crippen LogP contribution < -0.4 is 10.6 Å². The molecule has 28 heavy (non-hydrogen) atoms. The van der Waals surface area contributed by atoms with Crippen LogP contribution in [0.3, 0.4) is 0 Å². The number of hydrogen-bond acceptors (Lipinski definition) is 5. The highest BCUT2D eigenvalue weighted by Crippen LogP contribution is 2.26. The summed E-state index contributed by atoms with van der Waals surface area (Å²) >= 11 is 1.32. The quantitative estimate of drug-likeness (QED) is 0.584. The van der Waals surface area contributed by atoms with E-state index in [4.69, 9.17) is 0 Å². The predicted molar refractivity (Wildman–Crippen MR) is 110 cm³/mol. The SMILES string of the molecule is CC(=O)Nc1ccc(-c2csc(NC(=O)CCC(=O)c3ccccc3)n2)cc1. The standard InChI is InChI=1S/C21H19N3O3S/c1-14(25)22-17-9-7-15(8-10-17)18-13-28-21(23-18)24-20(27)12-11-19(26)16-5-3-2-4-6-16/h2-10,13H,11-12H2,1H3,(H,22,25)(H,23,24,27). The van der Waals surface area contributed by atoms with E-state index in [0.717, 1.165) is 11.3 Å². The van der Waals surface area contributed by atoms with E-state index in [1.807, 2.05) is 23.6 Å². The van der Waals surface area contributed by atoms with Crippen LogP contribution in [0.4, 0.5) is 10.8 Å². The molecule has 0 unspecified atom stereocenters. The van der Waals surface area contributed by atoms with Crippen LogP contribution in [-0.2, 0) is 9.59 Å². The number of rotatable bonds is 7. The van der Waals surface area contributed by atoms with Gasteiger partial charge < -0.3 is 10.6 Å². The largest absolute Gasteiger partial charge is 0.326 e. The van der Waals surface area contributed by atoms with E-state index in [2.05, 4.69) is 15.6 Å². The summed E-state index contributed by atoms with van der Waals surface area (Å²) in [6, 6.07) is 16.2. The van der Waals surface area contributed by atoms with Gasteiger partial charge in [-0.1, -0.05) is 42.5 Å². The van der Waals surface area contributed by atoms with Crippen molar-refractivity contribution < 1.29 is 14.4 Å². The topological polar surface area (TPSA) is 88.2 Å². The maximum Gasteiger partial charge on any atom is 0.226 e. The predicted octanol–water partition coefficient (Wildman–Crippen LogP) is 4.37. The highest BCUT2D eigenvalue weighted by Gasteiger charge is 2.11. The summed E-state index contributed by atoms with van der Waals surface area (Å²) in [5.41, 5.74) is 2.93. The third-order valence-electron chi connectivity index (χ3n) is 3.93. The Hall–Kier alpha value is -3.32. The van der Waals surface area contributed by atoms with Gasteiger partial charge >= 0.3 is 0 Å². The molecule has 2 amide bonds. The van der Waals surface area contributed by atoms with Gasteiger partial charge in [-0.15, -0.1) is 11.3 Å². The molecule has 3 aromatic rings. The number of ketones is 1. The minimum Gasteiger partial charge on any atom is -0.326 e. The van der Waals surface area contributed by atoms with Crippen LogP contribution in [0.2, 0.25) is 0 Å². The Kier molecular flexibility index (Phi) is 6.29. The summed E-state index contributed by atoms with van der Waals surface area (Å²) in [6.07, 6.45) is 0.257. The summed E-state index contributed by atoms with van der Waals surface area (Å²) in [5.74, 6) is -0.432. The molecular weight excluding hydrogens is 374 g/mol. The molecule has 2 N–H and O–H groups in total. The number of nitrogens with one attached hydrogen (secondary N) is 2. The van der Waals surface area contributed by atoms with E-state index in [1.165, 1.54) is 18.3 Å². The monoisotopic (exact) mass is 393 g/mol. The zero-order valence-electron chi connectivity index (χ0n) is 15.3. The van der Waals surface area contributed by atoms with Crippen LogP contribution in [0.25, 0.3) is 11.3 Å². The van der Waals surface area contributed by atoms with Crippen molar-refractivity contribution in [2.75, 3.05) is 10.6 Å². The molecular formula is C21H19N3O3S. The molecule has 1 aromatic heterocycles. The average molecular weight is 393 g/mol. The number of thiazole rings is 1. The molecule has 0 radical (unpaired) electrons. The molecule has 0 aliphatic heterocycles.